The van der Waals surface area contributed by atoms with Crippen molar-refractivity contribution in [1.82, 2.24) is 4.90 Å². The van der Waals surface area contributed by atoms with E-state index in [-0.39, 0.29) is 11.8 Å². The highest BCUT2D eigenvalue weighted by atomic mass is 35.5. The molecule has 1 aromatic rings. The Morgan fingerprint density at radius 1 is 1.28 bits per heavy atom. The average molecular weight is 271 g/mol. The highest BCUT2D eigenvalue weighted by Gasteiger charge is 2.20. The van der Waals surface area contributed by atoms with Gasteiger partial charge in [0.05, 0.1) is 6.04 Å². The van der Waals surface area contributed by atoms with Crippen LogP contribution in [0.1, 0.15) is 38.3 Å². The summed E-state index contributed by atoms with van der Waals surface area (Å²) in [6.45, 7) is 6.72. The molecule has 3 N–H and O–H groups in total. The van der Waals surface area contributed by atoms with E-state index in [2.05, 4.69) is 18.7 Å². The maximum Gasteiger partial charge on any atom is 0.120 e. The van der Waals surface area contributed by atoms with Gasteiger partial charge in [0, 0.05) is 17.1 Å². The largest absolute Gasteiger partial charge is 0.508 e. The lowest BCUT2D eigenvalue weighted by Gasteiger charge is -2.31. The summed E-state index contributed by atoms with van der Waals surface area (Å²) in [7, 11) is 0. The smallest absolute Gasteiger partial charge is 0.120 e. The first-order chi connectivity index (χ1) is 8.63. The van der Waals surface area contributed by atoms with Gasteiger partial charge in [-0.1, -0.05) is 25.4 Å². The van der Waals surface area contributed by atoms with Crippen LogP contribution in [-0.4, -0.2) is 29.6 Å². The SMILES string of the molecule is CCCN(CCC)C(CN)c1cc(Cl)ccc1O. The number of aromatic hydroxyl groups is 1. The number of nitrogens with two attached hydrogens (primary N) is 1. The summed E-state index contributed by atoms with van der Waals surface area (Å²) in [5, 5.41) is 10.6. The first-order valence-electron chi connectivity index (χ1n) is 6.56. The Bertz CT molecular complexity index is 365. The van der Waals surface area contributed by atoms with Crippen molar-refractivity contribution >= 4 is 11.6 Å². The lowest BCUT2D eigenvalue weighted by molar-refractivity contribution is 0.199. The van der Waals surface area contributed by atoms with Crippen LogP contribution < -0.4 is 5.73 Å². The predicted molar refractivity (Wildman–Crippen MR) is 77.1 cm³/mol. The molecule has 4 heteroatoms. The second-order valence-corrected chi connectivity index (χ2v) is 4.93. The van der Waals surface area contributed by atoms with E-state index in [4.69, 9.17) is 17.3 Å². The van der Waals surface area contributed by atoms with Gasteiger partial charge in [-0.15, -0.1) is 0 Å². The third-order valence-corrected chi connectivity index (χ3v) is 3.27. The van der Waals surface area contributed by atoms with Crippen LogP contribution in [0.15, 0.2) is 18.2 Å². The van der Waals surface area contributed by atoms with E-state index in [1.807, 2.05) is 6.07 Å². The van der Waals surface area contributed by atoms with Gasteiger partial charge < -0.3 is 10.8 Å². The monoisotopic (exact) mass is 270 g/mol. The van der Waals surface area contributed by atoms with Gasteiger partial charge in [-0.2, -0.15) is 0 Å². The summed E-state index contributed by atoms with van der Waals surface area (Å²) < 4.78 is 0. The highest BCUT2D eigenvalue weighted by Crippen LogP contribution is 2.30. The second kappa shape index (κ2) is 7.62. The molecule has 0 saturated heterocycles. The topological polar surface area (TPSA) is 49.5 Å². The molecule has 0 fully saturated rings. The fourth-order valence-electron chi connectivity index (χ4n) is 2.26. The van der Waals surface area contributed by atoms with Crippen LogP contribution in [0.3, 0.4) is 0 Å². The quantitative estimate of drug-likeness (QED) is 0.800. The molecule has 0 bridgehead atoms. The van der Waals surface area contributed by atoms with Crippen LogP contribution in [0, 0.1) is 0 Å². The number of hydrogen-bond donors (Lipinski definition) is 2. The van der Waals surface area contributed by atoms with Crippen molar-refractivity contribution in [1.29, 1.82) is 0 Å². The van der Waals surface area contributed by atoms with Gasteiger partial charge in [-0.3, -0.25) is 4.90 Å². The van der Waals surface area contributed by atoms with Crippen molar-refractivity contribution in [2.75, 3.05) is 19.6 Å². The minimum atomic E-state index is 0.0311. The normalized spacial score (nSPS) is 12.9. The minimum absolute atomic E-state index is 0.0311. The van der Waals surface area contributed by atoms with E-state index in [1.54, 1.807) is 12.1 Å². The molecule has 0 amide bonds. The van der Waals surface area contributed by atoms with Gasteiger partial charge in [0.15, 0.2) is 0 Å². The average Bonchev–Trinajstić information content (AvgIpc) is 2.35. The Morgan fingerprint density at radius 2 is 1.89 bits per heavy atom. The number of halogens is 1. The molecule has 3 nitrogen and oxygen atoms in total. The van der Waals surface area contributed by atoms with Crippen LogP contribution in [-0.2, 0) is 0 Å². The molecule has 1 aromatic carbocycles. The molecule has 0 radical (unpaired) electrons. The first kappa shape index (κ1) is 15.3. The molecule has 1 unspecified atom stereocenters. The number of hydrogen-bond acceptors (Lipinski definition) is 3. The van der Waals surface area contributed by atoms with E-state index >= 15 is 0 Å². The van der Waals surface area contributed by atoms with E-state index in [1.165, 1.54) is 0 Å². The molecule has 1 rings (SSSR count). The van der Waals surface area contributed by atoms with Crippen molar-refractivity contribution in [2.45, 2.75) is 32.7 Å². The molecular formula is C14H23ClN2O. The van der Waals surface area contributed by atoms with E-state index < -0.39 is 0 Å². The molecule has 0 aliphatic carbocycles. The fourth-order valence-corrected chi connectivity index (χ4v) is 2.44. The van der Waals surface area contributed by atoms with Gasteiger partial charge in [-0.05, 0) is 44.1 Å². The van der Waals surface area contributed by atoms with Gasteiger partial charge in [0.25, 0.3) is 0 Å². The van der Waals surface area contributed by atoms with E-state index in [9.17, 15) is 5.11 Å². The van der Waals surface area contributed by atoms with Crippen LogP contribution >= 0.6 is 11.6 Å². The molecule has 0 aromatic heterocycles. The summed E-state index contributed by atoms with van der Waals surface area (Å²) in [6, 6.07) is 5.17. The lowest BCUT2D eigenvalue weighted by Crippen LogP contribution is -2.35. The zero-order valence-corrected chi connectivity index (χ0v) is 12.0. The summed E-state index contributed by atoms with van der Waals surface area (Å²) in [6.07, 6.45) is 2.13. The molecular weight excluding hydrogens is 248 g/mol. The molecule has 0 aliphatic rings. The fraction of sp³-hybridized carbons (Fsp3) is 0.571. The molecule has 0 aliphatic heterocycles. The molecule has 1 atom stereocenters. The Labute approximate surface area is 115 Å². The molecule has 102 valence electrons. The van der Waals surface area contributed by atoms with Gasteiger partial charge in [0.2, 0.25) is 0 Å². The van der Waals surface area contributed by atoms with Crippen LogP contribution in [0.2, 0.25) is 5.02 Å². The van der Waals surface area contributed by atoms with E-state index in [0.29, 0.717) is 11.6 Å². The van der Waals surface area contributed by atoms with Crippen LogP contribution in [0.4, 0.5) is 0 Å². The summed E-state index contributed by atoms with van der Waals surface area (Å²) in [5.74, 6) is 0.270. The lowest BCUT2D eigenvalue weighted by atomic mass is 10.0. The van der Waals surface area contributed by atoms with Crippen molar-refractivity contribution in [3.63, 3.8) is 0 Å². The first-order valence-corrected chi connectivity index (χ1v) is 6.94. The summed E-state index contributed by atoms with van der Waals surface area (Å²) >= 11 is 6.01. The standard InChI is InChI=1S/C14H23ClN2O/c1-3-7-17(8-4-2)13(10-16)12-9-11(15)5-6-14(12)18/h5-6,9,13,18H,3-4,7-8,10,16H2,1-2H3. The van der Waals surface area contributed by atoms with Crippen LogP contribution in [0.25, 0.3) is 0 Å². The maximum absolute atomic E-state index is 9.98. The molecule has 0 saturated carbocycles. The van der Waals surface area contributed by atoms with Gasteiger partial charge in [0.1, 0.15) is 5.75 Å². The van der Waals surface area contributed by atoms with Gasteiger partial charge in [-0.25, -0.2) is 0 Å². The van der Waals surface area contributed by atoms with Crippen molar-refractivity contribution in [3.05, 3.63) is 28.8 Å². The predicted octanol–water partition coefficient (Wildman–Crippen LogP) is 3.17. The number of rotatable bonds is 7. The highest BCUT2D eigenvalue weighted by molar-refractivity contribution is 6.30. The second-order valence-electron chi connectivity index (χ2n) is 4.49. The Hall–Kier alpha value is -0.770. The maximum atomic E-state index is 9.98. The third-order valence-electron chi connectivity index (χ3n) is 3.03. The van der Waals surface area contributed by atoms with Gasteiger partial charge >= 0.3 is 0 Å². The number of phenolic OH excluding ortho intramolecular Hbond substituents is 1. The molecule has 18 heavy (non-hydrogen) atoms. The third kappa shape index (κ3) is 3.87. The Balaban J connectivity index is 3.01. The zero-order chi connectivity index (χ0) is 13.5. The molecule has 0 spiro atoms. The summed E-state index contributed by atoms with van der Waals surface area (Å²) in [5.41, 5.74) is 6.72. The zero-order valence-electron chi connectivity index (χ0n) is 11.2. The van der Waals surface area contributed by atoms with Crippen molar-refractivity contribution < 1.29 is 5.11 Å². The van der Waals surface area contributed by atoms with Crippen molar-refractivity contribution in [3.8, 4) is 5.75 Å². The number of phenols is 1. The molecule has 0 heterocycles. The Kier molecular flexibility index (Phi) is 6.47. The van der Waals surface area contributed by atoms with E-state index in [0.717, 1.165) is 31.5 Å². The summed E-state index contributed by atoms with van der Waals surface area (Å²) in [4.78, 5) is 2.31. The Morgan fingerprint density at radius 3 is 2.39 bits per heavy atom. The minimum Gasteiger partial charge on any atom is -0.508 e. The van der Waals surface area contributed by atoms with Crippen molar-refractivity contribution in [2.24, 2.45) is 5.73 Å². The number of nitrogens with zero attached hydrogens (tertiary/aromatic N) is 1. The number of benzene rings is 1. The van der Waals surface area contributed by atoms with Crippen LogP contribution in [0.5, 0.6) is 5.75 Å².